The molecule has 0 fully saturated rings. The first-order chi connectivity index (χ1) is 7.72. The maximum atomic E-state index is 5.61. The second-order valence-electron chi connectivity index (χ2n) is 3.35. The van der Waals surface area contributed by atoms with Gasteiger partial charge >= 0.3 is 0 Å². The molecule has 2 rings (SSSR count). The maximum absolute atomic E-state index is 5.61. The Kier molecular flexibility index (Phi) is 3.61. The number of alkyl halides is 1. The van der Waals surface area contributed by atoms with E-state index in [0.717, 1.165) is 15.6 Å². The Labute approximate surface area is 107 Å². The predicted molar refractivity (Wildman–Crippen MR) is 66.6 cm³/mol. The van der Waals surface area contributed by atoms with E-state index in [1.807, 2.05) is 25.1 Å². The Morgan fingerprint density at radius 3 is 2.94 bits per heavy atom. The van der Waals surface area contributed by atoms with Gasteiger partial charge in [-0.25, -0.2) is 0 Å². The summed E-state index contributed by atoms with van der Waals surface area (Å²) in [7, 11) is 0. The van der Waals surface area contributed by atoms with Crippen molar-refractivity contribution in [3.05, 3.63) is 34.1 Å². The molecule has 0 saturated heterocycles. The number of hydrogen-bond acceptors (Lipinski definition) is 3. The quantitative estimate of drug-likeness (QED) is 0.813. The van der Waals surface area contributed by atoms with Gasteiger partial charge in [-0.2, -0.15) is 0 Å². The van der Waals surface area contributed by atoms with E-state index in [2.05, 4.69) is 26.1 Å². The summed E-state index contributed by atoms with van der Waals surface area (Å²) in [6, 6.07) is 5.88. The largest absolute Gasteiger partial charge is 0.421 e. The lowest BCUT2D eigenvalue weighted by molar-refractivity contribution is 0.513. The summed E-state index contributed by atoms with van der Waals surface area (Å²) in [5.74, 6) is 1.60. The van der Waals surface area contributed by atoms with Crippen LogP contribution in [-0.2, 0) is 6.42 Å². The first-order valence-electron chi connectivity index (χ1n) is 4.86. The second kappa shape index (κ2) is 4.97. The van der Waals surface area contributed by atoms with Gasteiger partial charge in [0.1, 0.15) is 0 Å². The molecule has 1 heterocycles. The van der Waals surface area contributed by atoms with Crippen molar-refractivity contribution in [1.29, 1.82) is 0 Å². The van der Waals surface area contributed by atoms with Crippen LogP contribution in [0.25, 0.3) is 11.5 Å². The number of hydrogen-bond donors (Lipinski definition) is 0. The molecule has 5 heteroatoms. The Balaban J connectivity index is 2.39. The Morgan fingerprint density at radius 1 is 1.38 bits per heavy atom. The molecule has 0 saturated carbocycles. The van der Waals surface area contributed by atoms with Gasteiger partial charge in [0.15, 0.2) is 0 Å². The molecule has 0 bridgehead atoms. The first kappa shape index (κ1) is 11.6. The fourth-order valence-corrected chi connectivity index (χ4v) is 1.91. The third kappa shape index (κ3) is 2.28. The van der Waals surface area contributed by atoms with Crippen molar-refractivity contribution in [3.8, 4) is 11.5 Å². The van der Waals surface area contributed by atoms with Gasteiger partial charge in [-0.1, -0.05) is 22.0 Å². The van der Waals surface area contributed by atoms with Gasteiger partial charge in [-0.3, -0.25) is 0 Å². The molecule has 1 aromatic heterocycles. The van der Waals surface area contributed by atoms with Crippen molar-refractivity contribution in [2.75, 3.05) is 5.88 Å². The molecule has 0 spiro atoms. The van der Waals surface area contributed by atoms with Gasteiger partial charge < -0.3 is 4.42 Å². The lowest BCUT2D eigenvalue weighted by Crippen LogP contribution is -1.84. The minimum atomic E-state index is 0.485. The summed E-state index contributed by atoms with van der Waals surface area (Å²) in [5, 5.41) is 7.95. The van der Waals surface area contributed by atoms with Gasteiger partial charge in [-0.15, -0.1) is 21.8 Å². The first-order valence-corrected chi connectivity index (χ1v) is 6.19. The molecule has 0 radical (unpaired) electrons. The molecule has 0 atom stereocenters. The van der Waals surface area contributed by atoms with Crippen molar-refractivity contribution >= 4 is 27.5 Å². The van der Waals surface area contributed by atoms with Crippen LogP contribution < -0.4 is 0 Å². The molecule has 16 heavy (non-hydrogen) atoms. The maximum Gasteiger partial charge on any atom is 0.248 e. The van der Waals surface area contributed by atoms with Crippen LogP contribution in [0.15, 0.2) is 27.1 Å². The summed E-state index contributed by atoms with van der Waals surface area (Å²) >= 11 is 9.08. The highest BCUT2D eigenvalue weighted by Crippen LogP contribution is 2.27. The van der Waals surface area contributed by atoms with Crippen molar-refractivity contribution in [3.63, 3.8) is 0 Å². The molecule has 0 aliphatic heterocycles. The second-order valence-corrected chi connectivity index (χ2v) is 4.58. The van der Waals surface area contributed by atoms with Crippen molar-refractivity contribution in [1.82, 2.24) is 10.2 Å². The van der Waals surface area contributed by atoms with Crippen molar-refractivity contribution < 1.29 is 4.42 Å². The van der Waals surface area contributed by atoms with E-state index in [1.165, 1.54) is 0 Å². The van der Waals surface area contributed by atoms with Gasteiger partial charge in [0, 0.05) is 22.3 Å². The molecular weight excluding hydrogens is 291 g/mol. The zero-order chi connectivity index (χ0) is 11.5. The van der Waals surface area contributed by atoms with Crippen LogP contribution in [0.2, 0.25) is 0 Å². The van der Waals surface area contributed by atoms with Crippen LogP contribution >= 0.6 is 27.5 Å². The van der Waals surface area contributed by atoms with E-state index in [1.54, 1.807) is 0 Å². The molecule has 0 aliphatic rings. The standard InChI is InChI=1S/C11H10BrClN2O/c1-7-8(3-2-4-9(7)12)11-15-14-10(16-11)5-6-13/h2-4H,5-6H2,1H3. The molecule has 0 unspecified atom stereocenters. The van der Waals surface area contributed by atoms with E-state index in [4.69, 9.17) is 16.0 Å². The average Bonchev–Trinajstić information content (AvgIpc) is 2.71. The topological polar surface area (TPSA) is 38.9 Å². The van der Waals surface area contributed by atoms with Crippen LogP contribution in [0.5, 0.6) is 0 Å². The third-order valence-corrected chi connectivity index (χ3v) is 3.32. The summed E-state index contributed by atoms with van der Waals surface area (Å²) in [6.07, 6.45) is 0.599. The van der Waals surface area contributed by atoms with Crippen LogP contribution in [0.1, 0.15) is 11.5 Å². The summed E-state index contributed by atoms with van der Waals surface area (Å²) in [5.41, 5.74) is 2.03. The van der Waals surface area contributed by atoms with Crippen LogP contribution in [0.4, 0.5) is 0 Å². The monoisotopic (exact) mass is 300 g/mol. The molecule has 0 aliphatic carbocycles. The number of nitrogens with zero attached hydrogens (tertiary/aromatic N) is 2. The zero-order valence-corrected chi connectivity index (χ0v) is 11.0. The zero-order valence-electron chi connectivity index (χ0n) is 8.70. The van der Waals surface area contributed by atoms with Gasteiger partial charge in [0.2, 0.25) is 11.8 Å². The Bertz CT molecular complexity index is 498. The summed E-state index contributed by atoms with van der Waals surface area (Å²) in [4.78, 5) is 0. The highest BCUT2D eigenvalue weighted by molar-refractivity contribution is 9.10. The molecule has 1 aromatic carbocycles. The SMILES string of the molecule is Cc1c(Br)cccc1-c1nnc(CCCl)o1. The molecule has 2 aromatic rings. The average molecular weight is 302 g/mol. The van der Waals surface area contributed by atoms with Crippen LogP contribution in [-0.4, -0.2) is 16.1 Å². The van der Waals surface area contributed by atoms with E-state index >= 15 is 0 Å². The Hall–Kier alpha value is -0.870. The van der Waals surface area contributed by atoms with E-state index in [0.29, 0.717) is 24.1 Å². The lowest BCUT2D eigenvalue weighted by Gasteiger charge is -2.02. The summed E-state index contributed by atoms with van der Waals surface area (Å²) < 4.78 is 6.55. The fraction of sp³-hybridized carbons (Fsp3) is 0.273. The van der Waals surface area contributed by atoms with Gasteiger partial charge in [0.25, 0.3) is 0 Å². The van der Waals surface area contributed by atoms with E-state index in [-0.39, 0.29) is 0 Å². The molecule has 84 valence electrons. The smallest absolute Gasteiger partial charge is 0.248 e. The van der Waals surface area contributed by atoms with Gasteiger partial charge in [-0.05, 0) is 24.6 Å². The van der Waals surface area contributed by atoms with Crippen LogP contribution in [0.3, 0.4) is 0 Å². The van der Waals surface area contributed by atoms with Gasteiger partial charge in [0.05, 0.1) is 0 Å². The Morgan fingerprint density at radius 2 is 2.19 bits per heavy atom. The molecule has 0 N–H and O–H groups in total. The minimum Gasteiger partial charge on any atom is -0.421 e. The molecule has 3 nitrogen and oxygen atoms in total. The number of halogens is 2. The number of benzene rings is 1. The number of aryl methyl sites for hydroxylation is 1. The van der Waals surface area contributed by atoms with Crippen molar-refractivity contribution in [2.24, 2.45) is 0 Å². The predicted octanol–water partition coefficient (Wildman–Crippen LogP) is 3.59. The lowest BCUT2D eigenvalue weighted by atomic mass is 10.1. The highest BCUT2D eigenvalue weighted by atomic mass is 79.9. The van der Waals surface area contributed by atoms with E-state index in [9.17, 15) is 0 Å². The summed E-state index contributed by atoms with van der Waals surface area (Å²) in [6.45, 7) is 2.00. The molecule has 0 amide bonds. The normalized spacial score (nSPS) is 10.7. The third-order valence-electron chi connectivity index (χ3n) is 2.27. The van der Waals surface area contributed by atoms with Crippen molar-refractivity contribution in [2.45, 2.75) is 13.3 Å². The highest BCUT2D eigenvalue weighted by Gasteiger charge is 2.11. The van der Waals surface area contributed by atoms with E-state index < -0.39 is 0 Å². The number of rotatable bonds is 3. The van der Waals surface area contributed by atoms with Crippen LogP contribution in [0, 0.1) is 6.92 Å². The minimum absolute atomic E-state index is 0.485. The number of aromatic nitrogens is 2. The fourth-order valence-electron chi connectivity index (χ4n) is 1.38. The molecular formula is C11H10BrClN2O.